The third kappa shape index (κ3) is 5.96. The van der Waals surface area contributed by atoms with Crippen molar-refractivity contribution in [3.8, 4) is 11.5 Å². The molecule has 3 aromatic rings. The molecule has 0 radical (unpaired) electrons. The van der Waals surface area contributed by atoms with Gasteiger partial charge in [0.1, 0.15) is 6.61 Å². The lowest BCUT2D eigenvalue weighted by atomic mass is 10.2. The molecule has 1 aliphatic rings. The van der Waals surface area contributed by atoms with Gasteiger partial charge in [-0.05, 0) is 39.2 Å². The van der Waals surface area contributed by atoms with Crippen LogP contribution < -0.4 is 19.8 Å². The van der Waals surface area contributed by atoms with Crippen LogP contribution in [0.1, 0.15) is 11.1 Å². The first-order chi connectivity index (χ1) is 16.1. The number of hydrogen-bond acceptors (Lipinski definition) is 8. The minimum Gasteiger partial charge on any atom is -0.493 e. The number of anilines is 2. The van der Waals surface area contributed by atoms with Crippen molar-refractivity contribution in [1.82, 2.24) is 9.97 Å². The molecule has 2 aromatic carbocycles. The van der Waals surface area contributed by atoms with Gasteiger partial charge in [0, 0.05) is 13.1 Å². The van der Waals surface area contributed by atoms with Crippen molar-refractivity contribution in [2.24, 2.45) is 5.10 Å². The number of morpholine rings is 1. The first kappa shape index (κ1) is 22.9. The maximum atomic E-state index is 14.2. The molecule has 0 atom stereocenters. The third-order valence-electron chi connectivity index (χ3n) is 4.89. The smallest absolute Gasteiger partial charge is 0.245 e. The van der Waals surface area contributed by atoms with Crippen LogP contribution in [0.15, 0.2) is 58.2 Å². The van der Waals surface area contributed by atoms with E-state index in [1.54, 1.807) is 19.4 Å². The van der Waals surface area contributed by atoms with Crippen molar-refractivity contribution in [3.63, 3.8) is 0 Å². The number of nitrogens with one attached hydrogen (secondary N) is 1. The highest BCUT2D eigenvalue weighted by atomic mass is 79.9. The standard InChI is InChI=1S/C23H23BrFN5O3/c1-31-20-12-17(11-18(24)21(20)33-15-16-5-3-2-4-6-16)13-27-29-23-26-14-19(25)22(28-23)30-7-9-32-10-8-30/h2-6,11-14H,7-10,15H2,1H3,(H,26,28,29). The van der Waals surface area contributed by atoms with Crippen molar-refractivity contribution in [2.45, 2.75) is 6.61 Å². The van der Waals surface area contributed by atoms with Gasteiger partial charge in [-0.3, -0.25) is 0 Å². The normalized spacial score (nSPS) is 13.8. The summed E-state index contributed by atoms with van der Waals surface area (Å²) in [7, 11) is 1.58. The van der Waals surface area contributed by atoms with E-state index < -0.39 is 5.82 Å². The zero-order valence-corrected chi connectivity index (χ0v) is 19.6. The maximum Gasteiger partial charge on any atom is 0.245 e. The van der Waals surface area contributed by atoms with E-state index in [9.17, 15) is 4.39 Å². The molecule has 0 spiro atoms. The highest BCUT2D eigenvalue weighted by Crippen LogP contribution is 2.36. The molecule has 0 bridgehead atoms. The summed E-state index contributed by atoms with van der Waals surface area (Å²) in [6, 6.07) is 13.5. The van der Waals surface area contributed by atoms with Crippen LogP contribution in [0.4, 0.5) is 16.2 Å². The number of ether oxygens (including phenoxy) is 3. The molecule has 0 unspecified atom stereocenters. The van der Waals surface area contributed by atoms with E-state index in [2.05, 4.69) is 36.4 Å². The zero-order valence-electron chi connectivity index (χ0n) is 18.0. The summed E-state index contributed by atoms with van der Waals surface area (Å²) in [5.41, 5.74) is 4.56. The van der Waals surface area contributed by atoms with Gasteiger partial charge in [0.05, 0.1) is 37.2 Å². The predicted molar refractivity (Wildman–Crippen MR) is 128 cm³/mol. The Kier molecular flexibility index (Phi) is 7.69. The lowest BCUT2D eigenvalue weighted by Crippen LogP contribution is -2.37. The molecule has 1 aliphatic heterocycles. The van der Waals surface area contributed by atoms with Crippen molar-refractivity contribution < 1.29 is 18.6 Å². The highest BCUT2D eigenvalue weighted by molar-refractivity contribution is 9.10. The molecule has 0 amide bonds. The average Bonchev–Trinajstić information content (AvgIpc) is 2.85. The van der Waals surface area contributed by atoms with Crippen molar-refractivity contribution in [1.29, 1.82) is 0 Å². The van der Waals surface area contributed by atoms with Crippen LogP contribution in [-0.2, 0) is 11.3 Å². The van der Waals surface area contributed by atoms with Gasteiger partial charge in [0.2, 0.25) is 5.95 Å². The summed E-state index contributed by atoms with van der Waals surface area (Å²) >= 11 is 3.54. The minimum absolute atomic E-state index is 0.197. The van der Waals surface area contributed by atoms with Crippen LogP contribution in [0.5, 0.6) is 11.5 Å². The number of aromatic nitrogens is 2. The molecular formula is C23H23BrFN5O3. The molecule has 33 heavy (non-hydrogen) atoms. The Balaban J connectivity index is 1.44. The van der Waals surface area contributed by atoms with E-state index >= 15 is 0 Å². The molecule has 4 rings (SSSR count). The Morgan fingerprint density at radius 3 is 2.79 bits per heavy atom. The second-order valence-corrected chi connectivity index (χ2v) is 8.00. The second-order valence-electron chi connectivity index (χ2n) is 7.14. The maximum absolute atomic E-state index is 14.2. The fourth-order valence-corrected chi connectivity index (χ4v) is 3.83. The highest BCUT2D eigenvalue weighted by Gasteiger charge is 2.18. The van der Waals surface area contributed by atoms with Gasteiger partial charge >= 0.3 is 0 Å². The number of hydrazone groups is 1. The number of hydrogen-bond donors (Lipinski definition) is 1. The van der Waals surface area contributed by atoms with Crippen molar-refractivity contribution in [2.75, 3.05) is 43.7 Å². The van der Waals surface area contributed by atoms with Crippen LogP contribution >= 0.6 is 15.9 Å². The SMILES string of the molecule is COc1cc(C=NNc2ncc(F)c(N3CCOCC3)n2)cc(Br)c1OCc1ccccc1. The summed E-state index contributed by atoms with van der Waals surface area (Å²) in [4.78, 5) is 10.0. The number of rotatable bonds is 8. The summed E-state index contributed by atoms with van der Waals surface area (Å²) < 4.78 is 31.7. The molecular weight excluding hydrogens is 493 g/mol. The first-order valence-corrected chi connectivity index (χ1v) is 11.1. The Labute approximate surface area is 199 Å². The first-order valence-electron chi connectivity index (χ1n) is 10.3. The van der Waals surface area contributed by atoms with Crippen LogP contribution in [0.3, 0.4) is 0 Å². The number of benzene rings is 2. The van der Waals surface area contributed by atoms with Gasteiger partial charge in [0.25, 0.3) is 0 Å². The molecule has 8 nitrogen and oxygen atoms in total. The molecule has 1 N–H and O–H groups in total. The van der Waals surface area contributed by atoms with E-state index in [1.165, 1.54) is 0 Å². The summed E-state index contributed by atoms with van der Waals surface area (Å²) in [6.07, 6.45) is 2.73. The summed E-state index contributed by atoms with van der Waals surface area (Å²) in [6.45, 7) is 2.63. The van der Waals surface area contributed by atoms with E-state index in [4.69, 9.17) is 14.2 Å². The van der Waals surface area contributed by atoms with Gasteiger partial charge in [-0.15, -0.1) is 0 Å². The van der Waals surface area contributed by atoms with Gasteiger partial charge in [-0.2, -0.15) is 10.1 Å². The van der Waals surface area contributed by atoms with Gasteiger partial charge in [0.15, 0.2) is 23.1 Å². The molecule has 1 aromatic heterocycles. The summed E-state index contributed by atoms with van der Waals surface area (Å²) in [5, 5.41) is 4.18. The average molecular weight is 516 g/mol. The lowest BCUT2D eigenvalue weighted by Gasteiger charge is -2.27. The topological polar surface area (TPSA) is 81.1 Å². The van der Waals surface area contributed by atoms with Crippen LogP contribution in [0.2, 0.25) is 0 Å². The largest absolute Gasteiger partial charge is 0.493 e. The molecule has 10 heteroatoms. The van der Waals surface area contributed by atoms with Crippen LogP contribution in [-0.4, -0.2) is 49.6 Å². The van der Waals surface area contributed by atoms with Gasteiger partial charge < -0.3 is 19.1 Å². The van der Waals surface area contributed by atoms with Crippen molar-refractivity contribution in [3.05, 3.63) is 70.1 Å². The van der Waals surface area contributed by atoms with Gasteiger partial charge in [-0.25, -0.2) is 14.8 Å². The molecule has 172 valence electrons. The molecule has 1 saturated heterocycles. The van der Waals surface area contributed by atoms with Crippen LogP contribution in [0, 0.1) is 5.82 Å². The summed E-state index contributed by atoms with van der Waals surface area (Å²) in [5.74, 6) is 1.11. The monoisotopic (exact) mass is 515 g/mol. The Bertz CT molecular complexity index is 1110. The van der Waals surface area contributed by atoms with Crippen molar-refractivity contribution >= 4 is 33.9 Å². The molecule has 2 heterocycles. The second kappa shape index (κ2) is 11.1. The number of methoxy groups -OCH3 is 1. The molecule has 0 saturated carbocycles. The Morgan fingerprint density at radius 2 is 2.03 bits per heavy atom. The Morgan fingerprint density at radius 1 is 1.24 bits per heavy atom. The molecule has 0 aliphatic carbocycles. The molecule has 1 fully saturated rings. The van der Waals surface area contributed by atoms with Gasteiger partial charge in [-0.1, -0.05) is 30.3 Å². The fraction of sp³-hybridized carbons (Fsp3) is 0.261. The number of halogens is 2. The third-order valence-corrected chi connectivity index (χ3v) is 5.48. The van der Waals surface area contributed by atoms with E-state index in [0.29, 0.717) is 44.4 Å². The van der Waals surface area contributed by atoms with Crippen LogP contribution in [0.25, 0.3) is 0 Å². The van der Waals surface area contributed by atoms with E-state index in [-0.39, 0.29) is 11.8 Å². The van der Waals surface area contributed by atoms with E-state index in [0.717, 1.165) is 21.8 Å². The predicted octanol–water partition coefficient (Wildman–Crippen LogP) is 4.25. The lowest BCUT2D eigenvalue weighted by molar-refractivity contribution is 0.122. The fourth-order valence-electron chi connectivity index (χ4n) is 3.26. The quantitative estimate of drug-likeness (QED) is 0.354. The Hall–Kier alpha value is -3.24. The minimum atomic E-state index is -0.480. The zero-order chi connectivity index (χ0) is 23.0. The van der Waals surface area contributed by atoms with E-state index in [1.807, 2.05) is 41.3 Å². The number of nitrogens with zero attached hydrogens (tertiary/aromatic N) is 4.